The molecular formula is C52H81N5O9. The highest BCUT2D eigenvalue weighted by molar-refractivity contribution is 5.96. The number of esters is 1. The summed E-state index contributed by atoms with van der Waals surface area (Å²) < 4.78 is 18.1. The third kappa shape index (κ3) is 15.4. The number of carbonyl (C=O) groups excluding carboxylic acids is 6. The molecule has 10 unspecified atom stereocenters. The lowest BCUT2D eigenvalue weighted by atomic mass is 9.89. The second-order valence-corrected chi connectivity index (χ2v) is 19.1. The summed E-state index contributed by atoms with van der Waals surface area (Å²) >= 11 is 0. The van der Waals surface area contributed by atoms with E-state index in [4.69, 9.17) is 14.2 Å². The third-order valence-corrected chi connectivity index (χ3v) is 13.3. The van der Waals surface area contributed by atoms with E-state index in [1.807, 2.05) is 109 Å². The number of ether oxygens (including phenoxy) is 3. The normalized spacial score (nSPS) is 18.1. The Morgan fingerprint density at radius 3 is 1.92 bits per heavy atom. The maximum absolute atomic E-state index is 14.4. The van der Waals surface area contributed by atoms with Crippen molar-refractivity contribution in [2.75, 3.05) is 41.9 Å². The number of likely N-dealkylation sites (N-methyl/N-ethyl adjacent to an activating group) is 2. The highest BCUT2D eigenvalue weighted by Gasteiger charge is 2.43. The molecular weight excluding hydrogens is 839 g/mol. The Hall–Kier alpha value is -4.66. The number of unbranched alkanes of at least 4 members (excludes halogenated alkanes) is 1. The predicted molar refractivity (Wildman–Crippen MR) is 257 cm³/mol. The fourth-order valence-electron chi connectivity index (χ4n) is 9.47. The van der Waals surface area contributed by atoms with E-state index in [9.17, 15) is 28.8 Å². The molecule has 1 fully saturated rings. The molecule has 14 nitrogen and oxygen atoms in total. The minimum atomic E-state index is -0.785. The summed E-state index contributed by atoms with van der Waals surface area (Å²) in [6, 6.07) is 15.7. The molecule has 2 N–H and O–H groups in total. The molecule has 10 atom stereocenters. The lowest BCUT2D eigenvalue weighted by Gasteiger charge is -2.41. The Morgan fingerprint density at radius 1 is 0.773 bits per heavy atom. The first kappa shape index (κ1) is 55.7. The minimum absolute atomic E-state index is 0.00408. The zero-order valence-corrected chi connectivity index (χ0v) is 42.1. The van der Waals surface area contributed by atoms with Crippen LogP contribution in [0.3, 0.4) is 0 Å². The predicted octanol–water partition coefficient (Wildman–Crippen LogP) is 6.87. The van der Waals surface area contributed by atoms with Gasteiger partial charge in [-0.3, -0.25) is 33.7 Å². The number of rotatable bonds is 27. The van der Waals surface area contributed by atoms with E-state index >= 15 is 0 Å². The molecule has 14 heteroatoms. The molecule has 1 saturated heterocycles. The number of nitrogens with one attached hydrogen (secondary N) is 2. The first-order chi connectivity index (χ1) is 31.3. The second kappa shape index (κ2) is 27.2. The Balaban J connectivity index is 1.72. The van der Waals surface area contributed by atoms with Gasteiger partial charge in [-0.1, -0.05) is 116 Å². The average Bonchev–Trinajstić information content (AvgIpc) is 3.78. The van der Waals surface area contributed by atoms with E-state index < -0.39 is 60.4 Å². The van der Waals surface area contributed by atoms with Crippen LogP contribution in [-0.2, 0) is 38.2 Å². The third-order valence-electron chi connectivity index (χ3n) is 13.3. The summed E-state index contributed by atoms with van der Waals surface area (Å²) in [6.07, 6.45) is 1.46. The highest BCUT2D eigenvalue weighted by atomic mass is 16.5. The van der Waals surface area contributed by atoms with Crippen molar-refractivity contribution in [2.24, 2.45) is 23.7 Å². The maximum atomic E-state index is 14.4. The molecule has 1 aliphatic heterocycles. The molecule has 1 aliphatic rings. The smallest absolute Gasteiger partial charge is 0.306 e. The minimum Gasteiger partial charge on any atom is -0.455 e. The summed E-state index contributed by atoms with van der Waals surface area (Å²) in [5.74, 6) is -2.24. The van der Waals surface area contributed by atoms with Gasteiger partial charge in [0.1, 0.15) is 12.1 Å². The van der Waals surface area contributed by atoms with Crippen molar-refractivity contribution >= 4 is 35.4 Å². The number of methoxy groups -OCH3 is 2. The molecule has 2 aromatic carbocycles. The first-order valence-corrected chi connectivity index (χ1v) is 24.0. The van der Waals surface area contributed by atoms with E-state index in [-0.39, 0.29) is 60.0 Å². The second-order valence-electron chi connectivity index (χ2n) is 19.1. The van der Waals surface area contributed by atoms with Crippen LogP contribution in [-0.4, -0.2) is 134 Å². The molecule has 0 radical (unpaired) electrons. The van der Waals surface area contributed by atoms with Crippen LogP contribution < -0.4 is 10.6 Å². The largest absolute Gasteiger partial charge is 0.455 e. The summed E-state index contributed by atoms with van der Waals surface area (Å²) in [4.78, 5) is 87.4. The number of amides is 4. The van der Waals surface area contributed by atoms with Gasteiger partial charge >= 0.3 is 5.97 Å². The van der Waals surface area contributed by atoms with Crippen LogP contribution >= 0.6 is 0 Å². The van der Waals surface area contributed by atoms with Crippen molar-refractivity contribution in [1.82, 2.24) is 25.3 Å². The average molecular weight is 920 g/mol. The van der Waals surface area contributed by atoms with Crippen LogP contribution in [0.2, 0.25) is 0 Å². The van der Waals surface area contributed by atoms with Gasteiger partial charge in [0.2, 0.25) is 23.6 Å². The number of Topliss-reactive ketones (excluding diaryl/α,β-unsaturated/α-hetero) is 1. The Labute approximate surface area is 395 Å². The van der Waals surface area contributed by atoms with E-state index in [1.54, 1.807) is 57.0 Å². The molecule has 0 spiro atoms. The first-order valence-electron chi connectivity index (χ1n) is 24.0. The van der Waals surface area contributed by atoms with Crippen LogP contribution in [0.5, 0.6) is 0 Å². The van der Waals surface area contributed by atoms with E-state index in [2.05, 4.69) is 10.6 Å². The van der Waals surface area contributed by atoms with E-state index in [0.29, 0.717) is 37.8 Å². The fraction of sp³-hybridized carbons (Fsp3) is 0.654. The van der Waals surface area contributed by atoms with Gasteiger partial charge in [-0.15, -0.1) is 0 Å². The molecule has 0 aromatic heterocycles. The molecule has 1 heterocycles. The number of benzene rings is 2. The zero-order chi connectivity index (χ0) is 49.2. The van der Waals surface area contributed by atoms with Crippen LogP contribution in [0, 0.1) is 23.7 Å². The van der Waals surface area contributed by atoms with Crippen LogP contribution in [0.1, 0.15) is 129 Å². The SMILES string of the molecule is CCC(C)C(C(CC(=O)N1CCCC1C(OC)C(C)C(=O)NC(C)C(OC(=O)CCCCC(=O)c1ccccc1)c1ccccc1)OC)N(C)C(=O)C(NC(=O)C(C(C)C)N(C)C)C(C)C. The number of carbonyl (C=O) groups is 6. The maximum Gasteiger partial charge on any atom is 0.306 e. The standard InChI is InChI=1S/C52H81N5O9/c1-14-35(6)47(56(11)52(63)45(33(2)3)54-51(62)46(34(4)5)55(9)10)42(64-12)32-43(59)57-31-23-28-40(57)48(65-13)36(7)50(61)53-37(8)49(39-26-19-16-20-27-39)66-44(60)30-22-21-29-41(58)38-24-17-15-18-25-38/h15-20,24-27,33-37,40,42,45-49H,14,21-23,28-32H2,1-13H3,(H,53,61)(H,54,62). The van der Waals surface area contributed by atoms with Crippen molar-refractivity contribution in [3.8, 4) is 0 Å². The number of hydrogen-bond donors (Lipinski definition) is 2. The van der Waals surface area contributed by atoms with Gasteiger partial charge in [0.15, 0.2) is 5.78 Å². The Kier molecular flexibility index (Phi) is 23.0. The molecule has 0 bridgehead atoms. The Bertz CT molecular complexity index is 1840. The van der Waals surface area contributed by atoms with Gasteiger partial charge in [0.05, 0.1) is 48.7 Å². The highest BCUT2D eigenvalue weighted by Crippen LogP contribution is 2.31. The van der Waals surface area contributed by atoms with Gasteiger partial charge in [0.25, 0.3) is 0 Å². The van der Waals surface area contributed by atoms with Gasteiger partial charge in [-0.05, 0) is 70.0 Å². The van der Waals surface area contributed by atoms with Crippen LogP contribution in [0.25, 0.3) is 0 Å². The van der Waals surface area contributed by atoms with Crippen molar-refractivity contribution in [2.45, 2.75) is 155 Å². The van der Waals surface area contributed by atoms with Gasteiger partial charge < -0.3 is 34.6 Å². The number of hydrogen-bond acceptors (Lipinski definition) is 10. The Morgan fingerprint density at radius 2 is 1.38 bits per heavy atom. The molecule has 368 valence electrons. The van der Waals surface area contributed by atoms with Crippen molar-refractivity contribution in [1.29, 1.82) is 0 Å². The molecule has 0 saturated carbocycles. The van der Waals surface area contributed by atoms with Gasteiger partial charge in [-0.25, -0.2) is 0 Å². The molecule has 66 heavy (non-hydrogen) atoms. The number of ketones is 1. The van der Waals surface area contributed by atoms with Crippen molar-refractivity contribution < 1.29 is 43.0 Å². The quantitative estimate of drug-likeness (QED) is 0.0550. The number of nitrogens with zero attached hydrogens (tertiary/aromatic N) is 3. The lowest BCUT2D eigenvalue weighted by molar-refractivity contribution is -0.152. The van der Waals surface area contributed by atoms with Crippen LogP contribution in [0.15, 0.2) is 60.7 Å². The van der Waals surface area contributed by atoms with Crippen LogP contribution in [0.4, 0.5) is 0 Å². The fourth-order valence-corrected chi connectivity index (χ4v) is 9.47. The van der Waals surface area contributed by atoms with Gasteiger partial charge in [-0.2, -0.15) is 0 Å². The topological polar surface area (TPSA) is 164 Å². The molecule has 3 rings (SSSR count). The summed E-state index contributed by atoms with van der Waals surface area (Å²) in [5, 5.41) is 6.12. The summed E-state index contributed by atoms with van der Waals surface area (Å²) in [5.41, 5.74) is 1.38. The monoisotopic (exact) mass is 920 g/mol. The summed E-state index contributed by atoms with van der Waals surface area (Å²) in [7, 11) is 8.53. The zero-order valence-electron chi connectivity index (χ0n) is 42.1. The molecule has 4 amide bonds. The van der Waals surface area contributed by atoms with Gasteiger partial charge in [0, 0.05) is 46.2 Å². The molecule has 0 aliphatic carbocycles. The van der Waals surface area contributed by atoms with Crippen molar-refractivity contribution in [3.05, 3.63) is 71.8 Å². The van der Waals surface area contributed by atoms with E-state index in [0.717, 1.165) is 18.4 Å². The number of likely N-dealkylation sites (tertiary alicyclic amines) is 1. The van der Waals surface area contributed by atoms with Crippen molar-refractivity contribution in [3.63, 3.8) is 0 Å². The lowest BCUT2D eigenvalue weighted by Crippen LogP contribution is -2.59. The van der Waals surface area contributed by atoms with E-state index in [1.165, 1.54) is 0 Å². The summed E-state index contributed by atoms with van der Waals surface area (Å²) in [6.45, 7) is 15.9. The molecule has 2 aromatic rings.